The van der Waals surface area contributed by atoms with Crippen molar-refractivity contribution in [1.29, 1.82) is 0 Å². The van der Waals surface area contributed by atoms with Crippen molar-refractivity contribution in [3.05, 3.63) is 192 Å². The predicted molar refractivity (Wildman–Crippen MR) is 171 cm³/mol. The van der Waals surface area contributed by atoms with Crippen molar-refractivity contribution in [2.75, 3.05) is 0 Å². The van der Waals surface area contributed by atoms with Gasteiger partial charge in [-0.3, -0.25) is 0 Å². The molecule has 7 aromatic carbocycles. The van der Waals surface area contributed by atoms with Crippen molar-refractivity contribution >= 4 is 32.7 Å². The molecule has 0 bridgehead atoms. The lowest BCUT2D eigenvalue weighted by Gasteiger charge is -2.22. The zero-order chi connectivity index (χ0) is 26.7. The summed E-state index contributed by atoms with van der Waals surface area (Å²) >= 11 is 0. The Morgan fingerprint density at radius 3 is 1.25 bits per heavy atom. The van der Waals surface area contributed by atoms with Crippen molar-refractivity contribution in [1.82, 2.24) is 0 Å². The van der Waals surface area contributed by atoms with E-state index in [1.807, 2.05) is 0 Å². The molecule has 0 nitrogen and oxygen atoms in total. The summed E-state index contributed by atoms with van der Waals surface area (Å²) in [6, 6.07) is 61.2. The molecule has 0 saturated carbocycles. The molecule has 188 valence electrons. The lowest BCUT2D eigenvalue weighted by molar-refractivity contribution is 1.50. The van der Waals surface area contributed by atoms with Crippen molar-refractivity contribution in [2.45, 2.75) is 0 Å². The maximum Gasteiger partial charge on any atom is -0.00206 e. The minimum Gasteiger partial charge on any atom is -0.0622 e. The van der Waals surface area contributed by atoms with E-state index in [-0.39, 0.29) is 0 Å². The van der Waals surface area contributed by atoms with Crippen LogP contribution in [0.5, 0.6) is 0 Å². The first-order valence-corrected chi connectivity index (χ1v) is 13.8. The maximum absolute atomic E-state index is 2.31. The molecule has 0 saturated heterocycles. The molecule has 0 aliphatic rings. The molecular weight excluding hydrogens is 480 g/mol. The quantitative estimate of drug-likeness (QED) is 0.160. The molecule has 0 aliphatic heterocycles. The van der Waals surface area contributed by atoms with Gasteiger partial charge in [-0.25, -0.2) is 0 Å². The van der Waals surface area contributed by atoms with Gasteiger partial charge in [0, 0.05) is 0 Å². The van der Waals surface area contributed by atoms with Crippen LogP contribution in [0.25, 0.3) is 43.8 Å². The van der Waals surface area contributed by atoms with Crippen LogP contribution >= 0.6 is 0 Å². The highest BCUT2D eigenvalue weighted by atomic mass is 14.2. The van der Waals surface area contributed by atoms with E-state index in [1.54, 1.807) is 0 Å². The second-order valence-electron chi connectivity index (χ2n) is 10.1. The van der Waals surface area contributed by atoms with Crippen LogP contribution in [0.4, 0.5) is 0 Å². The van der Waals surface area contributed by atoms with Crippen LogP contribution in [0.2, 0.25) is 0 Å². The Labute approximate surface area is 235 Å². The standard InChI is InChI=1S/C40H28/c1-4-16-29(17-5-1)38(30-18-6-2-7-19-30)39(31-20-8-3-9-21-31)36-26-14-15-27-37(36)40-34-24-12-10-22-32(34)28-33-23-11-13-25-35(33)40/h1-28H. The third kappa shape index (κ3) is 4.30. The van der Waals surface area contributed by atoms with Crippen LogP contribution in [-0.4, -0.2) is 0 Å². The summed E-state index contributed by atoms with van der Waals surface area (Å²) in [5.41, 5.74) is 9.78. The highest BCUT2D eigenvalue weighted by Gasteiger charge is 2.21. The highest BCUT2D eigenvalue weighted by molar-refractivity contribution is 6.16. The third-order valence-electron chi connectivity index (χ3n) is 7.67. The number of hydrogen-bond donors (Lipinski definition) is 0. The summed E-state index contributed by atoms with van der Waals surface area (Å²) in [6.45, 7) is 0. The molecule has 0 heterocycles. The van der Waals surface area contributed by atoms with Crippen LogP contribution in [-0.2, 0) is 0 Å². The summed E-state index contributed by atoms with van der Waals surface area (Å²) in [4.78, 5) is 0. The van der Waals surface area contributed by atoms with Gasteiger partial charge < -0.3 is 0 Å². The molecule has 0 aliphatic carbocycles. The first-order valence-electron chi connectivity index (χ1n) is 13.8. The fraction of sp³-hybridized carbons (Fsp3) is 0. The van der Waals surface area contributed by atoms with Gasteiger partial charge in [0.1, 0.15) is 0 Å². The molecule has 0 spiro atoms. The van der Waals surface area contributed by atoms with Gasteiger partial charge >= 0.3 is 0 Å². The number of rotatable bonds is 5. The van der Waals surface area contributed by atoms with Crippen LogP contribution < -0.4 is 0 Å². The largest absolute Gasteiger partial charge is 0.0622 e. The van der Waals surface area contributed by atoms with E-state index in [9.17, 15) is 0 Å². The fourth-order valence-corrected chi connectivity index (χ4v) is 5.93. The zero-order valence-corrected chi connectivity index (χ0v) is 22.2. The Kier molecular flexibility index (Phi) is 6.28. The summed E-state index contributed by atoms with van der Waals surface area (Å²) < 4.78 is 0. The van der Waals surface area contributed by atoms with Gasteiger partial charge in [-0.15, -0.1) is 0 Å². The molecule has 0 unspecified atom stereocenters. The monoisotopic (exact) mass is 508 g/mol. The molecule has 40 heavy (non-hydrogen) atoms. The van der Waals surface area contributed by atoms with E-state index in [4.69, 9.17) is 0 Å². The molecule has 0 aromatic heterocycles. The van der Waals surface area contributed by atoms with E-state index in [2.05, 4.69) is 170 Å². The summed E-state index contributed by atoms with van der Waals surface area (Å²) in [5.74, 6) is 0. The molecule has 0 atom stereocenters. The van der Waals surface area contributed by atoms with Gasteiger partial charge in [-0.05, 0) is 72.1 Å². The number of fused-ring (bicyclic) bond motifs is 2. The second kappa shape index (κ2) is 10.5. The lowest BCUT2D eigenvalue weighted by Crippen LogP contribution is -2.00. The molecule has 0 amide bonds. The van der Waals surface area contributed by atoms with Crippen molar-refractivity contribution < 1.29 is 0 Å². The molecule has 0 heteroatoms. The normalized spacial score (nSPS) is 11.0. The Balaban J connectivity index is 1.65. The SMILES string of the molecule is c1ccc(C(=C(c2ccccc2)c2ccccc2-c2c3ccccc3cc3ccccc23)c2ccccc2)cc1. The van der Waals surface area contributed by atoms with E-state index in [0.29, 0.717) is 0 Å². The molecule has 0 radical (unpaired) electrons. The minimum absolute atomic E-state index is 1.20. The molecule has 0 N–H and O–H groups in total. The van der Waals surface area contributed by atoms with Gasteiger partial charge in [0.2, 0.25) is 0 Å². The zero-order valence-electron chi connectivity index (χ0n) is 22.2. The van der Waals surface area contributed by atoms with Crippen molar-refractivity contribution in [3.8, 4) is 11.1 Å². The van der Waals surface area contributed by atoms with E-state index >= 15 is 0 Å². The van der Waals surface area contributed by atoms with Gasteiger partial charge in [-0.2, -0.15) is 0 Å². The smallest absolute Gasteiger partial charge is 0.00206 e. The minimum atomic E-state index is 1.20. The van der Waals surface area contributed by atoms with E-state index in [1.165, 1.54) is 66.1 Å². The molecule has 7 aromatic rings. The van der Waals surface area contributed by atoms with Crippen molar-refractivity contribution in [3.63, 3.8) is 0 Å². The van der Waals surface area contributed by atoms with Crippen molar-refractivity contribution in [2.24, 2.45) is 0 Å². The average Bonchev–Trinajstić information content (AvgIpc) is 3.04. The molecule has 7 rings (SSSR count). The topological polar surface area (TPSA) is 0 Å². The Morgan fingerprint density at radius 1 is 0.325 bits per heavy atom. The predicted octanol–water partition coefficient (Wildman–Crippen LogP) is 10.7. The third-order valence-corrected chi connectivity index (χ3v) is 7.67. The fourth-order valence-electron chi connectivity index (χ4n) is 5.93. The summed E-state index contributed by atoms with van der Waals surface area (Å²) in [5, 5.41) is 5.04. The lowest BCUT2D eigenvalue weighted by atomic mass is 9.81. The molecule has 0 fully saturated rings. The van der Waals surface area contributed by atoms with Gasteiger partial charge in [-0.1, -0.05) is 164 Å². The Hall–Kier alpha value is -5.20. The first-order chi connectivity index (χ1) is 19.9. The molecular formula is C40H28. The van der Waals surface area contributed by atoms with Crippen LogP contribution in [0.1, 0.15) is 22.3 Å². The van der Waals surface area contributed by atoms with E-state index in [0.717, 1.165) is 0 Å². The summed E-state index contributed by atoms with van der Waals surface area (Å²) in [7, 11) is 0. The first kappa shape index (κ1) is 23.9. The van der Waals surface area contributed by atoms with Gasteiger partial charge in [0.05, 0.1) is 0 Å². The van der Waals surface area contributed by atoms with Gasteiger partial charge in [0.15, 0.2) is 0 Å². The number of hydrogen-bond acceptors (Lipinski definition) is 0. The highest BCUT2D eigenvalue weighted by Crippen LogP contribution is 2.44. The Morgan fingerprint density at radius 2 is 0.725 bits per heavy atom. The van der Waals surface area contributed by atoms with Crippen LogP contribution in [0, 0.1) is 0 Å². The van der Waals surface area contributed by atoms with Crippen LogP contribution in [0.15, 0.2) is 170 Å². The summed E-state index contributed by atoms with van der Waals surface area (Å²) in [6.07, 6.45) is 0. The number of benzene rings is 7. The van der Waals surface area contributed by atoms with E-state index < -0.39 is 0 Å². The average molecular weight is 509 g/mol. The maximum atomic E-state index is 2.31. The Bertz CT molecular complexity index is 1870. The second-order valence-corrected chi connectivity index (χ2v) is 10.1. The van der Waals surface area contributed by atoms with Gasteiger partial charge in [0.25, 0.3) is 0 Å². The van der Waals surface area contributed by atoms with Crippen LogP contribution in [0.3, 0.4) is 0 Å².